The van der Waals surface area contributed by atoms with Crippen LogP contribution in [0.15, 0.2) is 36.8 Å². The Bertz CT molecular complexity index is 588. The van der Waals surface area contributed by atoms with Gasteiger partial charge in [-0.25, -0.2) is 9.67 Å². The normalized spacial score (nSPS) is 15.2. The molecule has 0 aliphatic heterocycles. The van der Waals surface area contributed by atoms with Crippen molar-refractivity contribution in [3.8, 4) is 5.82 Å². The number of anilines is 1. The molecule has 0 bridgehead atoms. The largest absolute Gasteiger partial charge is 0.323 e. The highest BCUT2D eigenvalue weighted by Gasteiger charge is 2.17. The van der Waals surface area contributed by atoms with Crippen molar-refractivity contribution in [1.29, 1.82) is 0 Å². The number of carbonyl (C=O) groups is 1. The number of hydrogen-bond donors (Lipinski definition) is 1. The summed E-state index contributed by atoms with van der Waals surface area (Å²) < 4.78 is 1.66. The lowest BCUT2D eigenvalue weighted by molar-refractivity contribution is -0.116. The van der Waals surface area contributed by atoms with E-state index >= 15 is 0 Å². The molecule has 1 aliphatic rings. The first-order valence-corrected chi connectivity index (χ1v) is 7.58. The number of aromatic nitrogens is 3. The van der Waals surface area contributed by atoms with Crippen LogP contribution in [0.4, 0.5) is 5.69 Å². The topological polar surface area (TPSA) is 59.8 Å². The van der Waals surface area contributed by atoms with Gasteiger partial charge in [0.2, 0.25) is 5.91 Å². The second-order valence-electron chi connectivity index (χ2n) is 5.56. The van der Waals surface area contributed by atoms with Gasteiger partial charge >= 0.3 is 0 Å². The summed E-state index contributed by atoms with van der Waals surface area (Å²) in [6.07, 6.45) is 12.0. The van der Waals surface area contributed by atoms with E-state index in [-0.39, 0.29) is 5.91 Å². The Kier molecular flexibility index (Phi) is 4.28. The highest BCUT2D eigenvalue weighted by molar-refractivity contribution is 5.92. The van der Waals surface area contributed by atoms with E-state index in [1.165, 1.54) is 25.7 Å². The van der Waals surface area contributed by atoms with Crippen molar-refractivity contribution >= 4 is 11.6 Å². The van der Waals surface area contributed by atoms with E-state index in [0.29, 0.717) is 17.9 Å². The fraction of sp³-hybridized carbons (Fsp3) is 0.438. The minimum Gasteiger partial charge on any atom is -0.323 e. The van der Waals surface area contributed by atoms with Gasteiger partial charge in [0.25, 0.3) is 0 Å². The van der Waals surface area contributed by atoms with E-state index in [2.05, 4.69) is 15.4 Å². The second-order valence-corrected chi connectivity index (χ2v) is 5.56. The van der Waals surface area contributed by atoms with E-state index in [0.717, 1.165) is 12.3 Å². The van der Waals surface area contributed by atoms with Gasteiger partial charge in [-0.15, -0.1) is 0 Å². The van der Waals surface area contributed by atoms with E-state index in [1.54, 1.807) is 17.1 Å². The second kappa shape index (κ2) is 6.52. The molecule has 0 radical (unpaired) electrons. The third-order valence-electron chi connectivity index (χ3n) is 4.04. The lowest BCUT2D eigenvalue weighted by Crippen LogP contribution is -2.15. The number of carbonyl (C=O) groups excluding carboxylic acids is 1. The molecule has 2 aromatic heterocycles. The van der Waals surface area contributed by atoms with Crippen LogP contribution < -0.4 is 5.32 Å². The van der Waals surface area contributed by atoms with Crippen molar-refractivity contribution in [1.82, 2.24) is 14.8 Å². The molecule has 1 aliphatic carbocycles. The molecule has 1 amide bonds. The molecular weight excluding hydrogens is 264 g/mol. The van der Waals surface area contributed by atoms with Crippen molar-refractivity contribution in [2.45, 2.75) is 38.5 Å². The Morgan fingerprint density at radius 2 is 2.14 bits per heavy atom. The summed E-state index contributed by atoms with van der Waals surface area (Å²) in [4.78, 5) is 16.4. The number of amides is 1. The minimum atomic E-state index is 0.0586. The third-order valence-corrected chi connectivity index (χ3v) is 4.04. The Hall–Kier alpha value is -2.17. The number of nitrogens with zero attached hydrogens (tertiary/aromatic N) is 3. The lowest BCUT2D eigenvalue weighted by atomic mass is 10.0. The molecule has 5 nitrogen and oxygen atoms in total. The van der Waals surface area contributed by atoms with Crippen LogP contribution in [0.25, 0.3) is 5.82 Å². The van der Waals surface area contributed by atoms with Gasteiger partial charge in [0.15, 0.2) is 5.82 Å². The third kappa shape index (κ3) is 3.48. The van der Waals surface area contributed by atoms with Crippen LogP contribution in [0.2, 0.25) is 0 Å². The molecule has 0 saturated heterocycles. The standard InChI is InChI=1S/C16H20N4O/c21-15(9-8-13-5-1-2-6-13)19-14-7-3-10-17-16(14)20-12-4-11-18-20/h3-4,7,10-13H,1-2,5-6,8-9H2,(H,19,21). The van der Waals surface area contributed by atoms with Gasteiger partial charge in [0, 0.05) is 25.0 Å². The van der Waals surface area contributed by atoms with E-state index in [4.69, 9.17) is 0 Å². The Morgan fingerprint density at radius 3 is 2.90 bits per heavy atom. The summed E-state index contributed by atoms with van der Waals surface area (Å²) in [6, 6.07) is 5.51. The molecule has 0 aromatic carbocycles. The molecule has 5 heteroatoms. The van der Waals surface area contributed by atoms with E-state index < -0.39 is 0 Å². The zero-order valence-corrected chi connectivity index (χ0v) is 12.0. The van der Waals surface area contributed by atoms with Crippen molar-refractivity contribution in [3.63, 3.8) is 0 Å². The predicted octanol–water partition coefficient (Wildman–Crippen LogP) is 3.18. The molecule has 0 spiro atoms. The van der Waals surface area contributed by atoms with Crippen LogP contribution in [0.1, 0.15) is 38.5 Å². The molecule has 1 fully saturated rings. The zero-order valence-electron chi connectivity index (χ0n) is 12.0. The Balaban J connectivity index is 1.63. The molecule has 1 N–H and O–H groups in total. The van der Waals surface area contributed by atoms with Crippen LogP contribution in [0.5, 0.6) is 0 Å². The Labute approximate surface area is 124 Å². The van der Waals surface area contributed by atoms with Gasteiger partial charge in [-0.3, -0.25) is 4.79 Å². The summed E-state index contributed by atoms with van der Waals surface area (Å²) >= 11 is 0. The maximum atomic E-state index is 12.1. The molecule has 110 valence electrons. The van der Waals surface area contributed by atoms with Crippen molar-refractivity contribution in [2.75, 3.05) is 5.32 Å². The maximum absolute atomic E-state index is 12.1. The Morgan fingerprint density at radius 1 is 1.29 bits per heavy atom. The summed E-state index contributed by atoms with van der Waals surface area (Å²) in [7, 11) is 0. The van der Waals surface area contributed by atoms with Crippen molar-refractivity contribution in [3.05, 3.63) is 36.8 Å². The van der Waals surface area contributed by atoms with Gasteiger partial charge in [-0.1, -0.05) is 25.7 Å². The van der Waals surface area contributed by atoms with Gasteiger partial charge < -0.3 is 5.32 Å². The van der Waals surface area contributed by atoms with Gasteiger partial charge in [0.05, 0.1) is 5.69 Å². The molecular formula is C16H20N4O. The quantitative estimate of drug-likeness (QED) is 0.917. The summed E-state index contributed by atoms with van der Waals surface area (Å²) in [6.45, 7) is 0. The zero-order chi connectivity index (χ0) is 14.5. The molecule has 0 unspecified atom stereocenters. The first kappa shape index (κ1) is 13.8. The maximum Gasteiger partial charge on any atom is 0.224 e. The number of hydrogen-bond acceptors (Lipinski definition) is 3. The smallest absolute Gasteiger partial charge is 0.224 e. The molecule has 3 rings (SSSR count). The van der Waals surface area contributed by atoms with Crippen LogP contribution in [-0.4, -0.2) is 20.7 Å². The van der Waals surface area contributed by atoms with E-state index in [9.17, 15) is 4.79 Å². The van der Waals surface area contributed by atoms with Crippen LogP contribution in [-0.2, 0) is 4.79 Å². The molecule has 2 heterocycles. The predicted molar refractivity (Wildman–Crippen MR) is 81.2 cm³/mol. The molecule has 1 saturated carbocycles. The summed E-state index contributed by atoms with van der Waals surface area (Å²) in [5.74, 6) is 1.44. The summed E-state index contributed by atoms with van der Waals surface area (Å²) in [5.41, 5.74) is 0.706. The lowest BCUT2D eigenvalue weighted by Gasteiger charge is -2.11. The van der Waals surface area contributed by atoms with Crippen LogP contribution in [0, 0.1) is 5.92 Å². The first-order valence-electron chi connectivity index (χ1n) is 7.58. The number of rotatable bonds is 5. The molecule has 2 aromatic rings. The fourth-order valence-corrected chi connectivity index (χ4v) is 2.92. The van der Waals surface area contributed by atoms with Crippen LogP contribution in [0.3, 0.4) is 0 Å². The molecule has 21 heavy (non-hydrogen) atoms. The average molecular weight is 284 g/mol. The van der Waals surface area contributed by atoms with Gasteiger partial charge in [0.1, 0.15) is 0 Å². The van der Waals surface area contributed by atoms with Gasteiger partial charge in [-0.05, 0) is 30.5 Å². The van der Waals surface area contributed by atoms with Crippen molar-refractivity contribution in [2.24, 2.45) is 5.92 Å². The first-order chi connectivity index (χ1) is 10.3. The highest BCUT2D eigenvalue weighted by Crippen LogP contribution is 2.28. The minimum absolute atomic E-state index is 0.0586. The monoisotopic (exact) mass is 284 g/mol. The number of nitrogens with one attached hydrogen (secondary N) is 1. The fourth-order valence-electron chi connectivity index (χ4n) is 2.92. The average Bonchev–Trinajstić information content (AvgIpc) is 3.19. The highest BCUT2D eigenvalue weighted by atomic mass is 16.1. The van der Waals surface area contributed by atoms with Gasteiger partial charge in [-0.2, -0.15) is 5.10 Å². The van der Waals surface area contributed by atoms with Crippen LogP contribution >= 0.6 is 0 Å². The number of pyridine rings is 1. The molecule has 0 atom stereocenters. The van der Waals surface area contributed by atoms with E-state index in [1.807, 2.05) is 24.4 Å². The van der Waals surface area contributed by atoms with Crippen molar-refractivity contribution < 1.29 is 4.79 Å². The summed E-state index contributed by atoms with van der Waals surface area (Å²) in [5, 5.41) is 7.13. The SMILES string of the molecule is O=C(CCC1CCCC1)Nc1cccnc1-n1cccn1.